The molecule has 0 radical (unpaired) electrons. The highest BCUT2D eigenvalue weighted by Crippen LogP contribution is 2.31. The van der Waals surface area contributed by atoms with Crippen LogP contribution in [0.5, 0.6) is 0 Å². The third kappa shape index (κ3) is 3.18. The number of rotatable bonds is 4. The molecule has 2 rings (SSSR count). The number of carbonyl (C=O) groups excluding carboxylic acids is 1. The molecule has 0 bridgehead atoms. The molecule has 1 aliphatic rings. The Hall–Kier alpha value is -0.590. The zero-order chi connectivity index (χ0) is 14.9. The third-order valence-corrected chi connectivity index (χ3v) is 6.33. The van der Waals surface area contributed by atoms with Gasteiger partial charge in [-0.2, -0.15) is 0 Å². The molecule has 0 aliphatic heterocycles. The number of aryl methyl sites for hydroxylation is 1. The molecule has 0 unspecified atom stereocenters. The third-order valence-electron chi connectivity index (χ3n) is 3.71. The topological polar surface area (TPSA) is 54.5 Å². The molecule has 112 valence electrons. The molecule has 0 atom stereocenters. The molecule has 1 saturated carbocycles. The monoisotopic (exact) mass is 335 g/mol. The van der Waals surface area contributed by atoms with Crippen LogP contribution in [0.25, 0.3) is 0 Å². The molecule has 0 saturated heterocycles. The van der Waals surface area contributed by atoms with Gasteiger partial charge < -0.3 is 4.90 Å². The lowest BCUT2D eigenvalue weighted by molar-refractivity contribution is 0.0698. The van der Waals surface area contributed by atoms with E-state index in [0.717, 1.165) is 25.7 Å². The van der Waals surface area contributed by atoms with E-state index in [0.29, 0.717) is 16.3 Å². The van der Waals surface area contributed by atoms with Crippen molar-refractivity contribution in [1.29, 1.82) is 0 Å². The van der Waals surface area contributed by atoms with Gasteiger partial charge in [0.15, 0.2) is 0 Å². The van der Waals surface area contributed by atoms with Crippen LogP contribution >= 0.6 is 22.0 Å². The van der Waals surface area contributed by atoms with Crippen molar-refractivity contribution in [3.05, 3.63) is 15.8 Å². The number of carbonyl (C=O) groups is 1. The Morgan fingerprint density at radius 3 is 2.50 bits per heavy atom. The summed E-state index contributed by atoms with van der Waals surface area (Å²) in [6.45, 7) is 4.27. The summed E-state index contributed by atoms with van der Waals surface area (Å²) in [6, 6.07) is 1.69. The Bertz CT molecular complexity index is 603. The second-order valence-corrected chi connectivity index (χ2v) is 8.79. The van der Waals surface area contributed by atoms with E-state index in [1.165, 1.54) is 17.4 Å². The second kappa shape index (κ2) is 6.03. The van der Waals surface area contributed by atoms with Crippen LogP contribution in [0.4, 0.5) is 0 Å². The molecule has 20 heavy (non-hydrogen) atoms. The largest absolute Gasteiger partial charge is 0.335 e. The summed E-state index contributed by atoms with van der Waals surface area (Å²) in [5.74, 6) is -0.0842. The second-order valence-electron chi connectivity index (χ2n) is 5.00. The van der Waals surface area contributed by atoms with E-state index in [4.69, 9.17) is 10.7 Å². The minimum Gasteiger partial charge on any atom is -0.335 e. The fourth-order valence-electron chi connectivity index (χ4n) is 2.74. The van der Waals surface area contributed by atoms with Crippen molar-refractivity contribution < 1.29 is 13.2 Å². The van der Waals surface area contributed by atoms with Gasteiger partial charge >= 0.3 is 0 Å². The van der Waals surface area contributed by atoms with Crippen LogP contribution in [0.2, 0.25) is 0 Å². The number of amides is 1. The van der Waals surface area contributed by atoms with E-state index in [9.17, 15) is 13.2 Å². The molecule has 4 nitrogen and oxygen atoms in total. The molecule has 1 fully saturated rings. The zero-order valence-corrected chi connectivity index (χ0v) is 13.9. The molecule has 0 aromatic carbocycles. The van der Waals surface area contributed by atoms with Crippen LogP contribution in [-0.2, 0) is 9.05 Å². The SMILES string of the molecule is CCN(C(=O)c1cc(S(=O)(=O)Cl)c(C)s1)C1CCCC1. The molecule has 7 heteroatoms. The first-order chi connectivity index (χ1) is 9.34. The molecule has 1 amide bonds. The zero-order valence-electron chi connectivity index (χ0n) is 11.6. The van der Waals surface area contributed by atoms with Crippen LogP contribution in [0.3, 0.4) is 0 Å². The van der Waals surface area contributed by atoms with Crippen molar-refractivity contribution in [2.24, 2.45) is 0 Å². The van der Waals surface area contributed by atoms with Gasteiger partial charge in [0.05, 0.1) is 9.77 Å². The van der Waals surface area contributed by atoms with E-state index in [1.54, 1.807) is 6.92 Å². The number of halogens is 1. The summed E-state index contributed by atoms with van der Waals surface area (Å²) in [5, 5.41) is 0. The lowest BCUT2D eigenvalue weighted by atomic mass is 10.2. The molecule has 1 heterocycles. The summed E-state index contributed by atoms with van der Waals surface area (Å²) >= 11 is 1.20. The minimum absolute atomic E-state index is 0.0509. The average Bonchev–Trinajstić information content (AvgIpc) is 2.98. The van der Waals surface area contributed by atoms with E-state index in [-0.39, 0.29) is 16.8 Å². The Balaban J connectivity index is 2.28. The predicted molar refractivity (Wildman–Crippen MR) is 81.1 cm³/mol. The summed E-state index contributed by atoms with van der Waals surface area (Å²) in [6.07, 6.45) is 4.37. The standard InChI is InChI=1S/C13H18ClNO3S2/c1-3-15(10-6-4-5-7-10)13(16)11-8-12(9(2)19-11)20(14,17)18/h8,10H,3-7H2,1-2H3. The predicted octanol–water partition coefficient (Wildman–Crippen LogP) is 3.39. The number of thiophene rings is 1. The van der Waals surface area contributed by atoms with Crippen molar-refractivity contribution in [2.75, 3.05) is 6.54 Å². The Morgan fingerprint density at radius 2 is 2.05 bits per heavy atom. The van der Waals surface area contributed by atoms with Crippen molar-refractivity contribution >= 4 is 37.0 Å². The molecule has 0 N–H and O–H groups in total. The summed E-state index contributed by atoms with van der Waals surface area (Å²) in [4.78, 5) is 15.5. The summed E-state index contributed by atoms with van der Waals surface area (Å²) in [5.41, 5.74) is 0. The maximum absolute atomic E-state index is 12.6. The highest BCUT2D eigenvalue weighted by molar-refractivity contribution is 8.13. The van der Waals surface area contributed by atoms with Gasteiger partial charge in [-0.05, 0) is 32.8 Å². The van der Waals surface area contributed by atoms with E-state index in [1.807, 2.05) is 11.8 Å². The van der Waals surface area contributed by atoms with Crippen LogP contribution in [0.15, 0.2) is 11.0 Å². The van der Waals surface area contributed by atoms with Gasteiger partial charge in [0.2, 0.25) is 0 Å². The van der Waals surface area contributed by atoms with Gasteiger partial charge in [-0.1, -0.05) is 12.8 Å². The number of nitrogens with zero attached hydrogens (tertiary/aromatic N) is 1. The molecular formula is C13H18ClNO3S2. The Kier molecular flexibility index (Phi) is 4.76. The lowest BCUT2D eigenvalue weighted by Crippen LogP contribution is -2.38. The Morgan fingerprint density at radius 1 is 1.45 bits per heavy atom. The summed E-state index contributed by atoms with van der Waals surface area (Å²) in [7, 11) is 1.59. The fourth-order valence-corrected chi connectivity index (χ4v) is 5.36. The molecule has 0 spiro atoms. The maximum atomic E-state index is 12.6. The van der Waals surface area contributed by atoms with Crippen molar-refractivity contribution in [3.8, 4) is 0 Å². The van der Waals surface area contributed by atoms with Crippen molar-refractivity contribution in [3.63, 3.8) is 0 Å². The first-order valence-electron chi connectivity index (χ1n) is 6.70. The van der Waals surface area contributed by atoms with Gasteiger partial charge in [-0.3, -0.25) is 4.79 Å². The fraction of sp³-hybridized carbons (Fsp3) is 0.615. The highest BCUT2D eigenvalue weighted by Gasteiger charge is 2.28. The van der Waals surface area contributed by atoms with Crippen molar-refractivity contribution in [1.82, 2.24) is 4.90 Å². The van der Waals surface area contributed by atoms with Gasteiger partial charge in [-0.25, -0.2) is 8.42 Å². The first kappa shape index (κ1) is 15.8. The normalized spacial score (nSPS) is 16.6. The lowest BCUT2D eigenvalue weighted by Gasteiger charge is -2.27. The minimum atomic E-state index is -3.79. The first-order valence-corrected chi connectivity index (χ1v) is 9.83. The molecule has 1 aromatic heterocycles. The smallest absolute Gasteiger partial charge is 0.264 e. The quantitative estimate of drug-likeness (QED) is 0.792. The van der Waals surface area contributed by atoms with E-state index < -0.39 is 9.05 Å². The van der Waals surface area contributed by atoms with Crippen molar-refractivity contribution in [2.45, 2.75) is 50.5 Å². The average molecular weight is 336 g/mol. The van der Waals surface area contributed by atoms with Crippen LogP contribution in [0, 0.1) is 6.92 Å². The Labute approximate surface area is 128 Å². The van der Waals surface area contributed by atoms with E-state index >= 15 is 0 Å². The molecular weight excluding hydrogens is 318 g/mol. The van der Waals surface area contributed by atoms with Gasteiger partial charge in [0, 0.05) is 28.1 Å². The van der Waals surface area contributed by atoms with Gasteiger partial charge in [-0.15, -0.1) is 11.3 Å². The van der Waals surface area contributed by atoms with Crippen LogP contribution < -0.4 is 0 Å². The number of hydrogen-bond donors (Lipinski definition) is 0. The highest BCUT2D eigenvalue weighted by atomic mass is 35.7. The van der Waals surface area contributed by atoms with E-state index in [2.05, 4.69) is 0 Å². The van der Waals surface area contributed by atoms with Gasteiger partial charge in [0.25, 0.3) is 15.0 Å². The maximum Gasteiger partial charge on any atom is 0.264 e. The summed E-state index contributed by atoms with van der Waals surface area (Å²) < 4.78 is 22.9. The van der Waals surface area contributed by atoms with Crippen LogP contribution in [0.1, 0.15) is 47.2 Å². The van der Waals surface area contributed by atoms with Crippen LogP contribution in [-0.4, -0.2) is 31.8 Å². The molecule has 1 aromatic rings. The number of hydrogen-bond acceptors (Lipinski definition) is 4. The van der Waals surface area contributed by atoms with Gasteiger partial charge in [0.1, 0.15) is 0 Å². The molecule has 1 aliphatic carbocycles.